The van der Waals surface area contributed by atoms with E-state index in [9.17, 15) is 0 Å². The minimum absolute atomic E-state index is 0.731. The first-order chi connectivity index (χ1) is 8.27. The third-order valence-corrected chi connectivity index (χ3v) is 3.92. The minimum Gasteiger partial charge on any atom is -0.384 e. The summed E-state index contributed by atoms with van der Waals surface area (Å²) in [6, 6.07) is 16.2. The van der Waals surface area contributed by atoms with Gasteiger partial charge >= 0.3 is 0 Å². The number of nitrogens with one attached hydrogen (secondary N) is 1. The summed E-state index contributed by atoms with van der Waals surface area (Å²) in [6.07, 6.45) is 1.000. The number of anilines is 1. The molecule has 0 aromatic heterocycles. The van der Waals surface area contributed by atoms with Crippen molar-refractivity contribution in [3.8, 4) is 0 Å². The van der Waals surface area contributed by atoms with Crippen LogP contribution in [0.5, 0.6) is 0 Å². The van der Waals surface area contributed by atoms with Crippen molar-refractivity contribution in [2.75, 3.05) is 11.9 Å². The van der Waals surface area contributed by atoms with E-state index in [1.807, 2.05) is 24.3 Å². The Morgan fingerprint density at radius 1 is 1.00 bits per heavy atom. The van der Waals surface area contributed by atoms with Crippen molar-refractivity contribution in [2.45, 2.75) is 6.42 Å². The highest BCUT2D eigenvalue weighted by Gasteiger charge is 2.02. The molecule has 3 heteroatoms. The summed E-state index contributed by atoms with van der Waals surface area (Å²) in [6.45, 7) is 0.892. The summed E-state index contributed by atoms with van der Waals surface area (Å²) >= 11 is 9.50. The minimum atomic E-state index is 0.731. The average molecular weight is 311 g/mol. The summed E-state index contributed by atoms with van der Waals surface area (Å²) in [5.41, 5.74) is 2.37. The van der Waals surface area contributed by atoms with Crippen LogP contribution in [0, 0.1) is 0 Å². The molecule has 0 bridgehead atoms. The molecule has 0 fully saturated rings. The van der Waals surface area contributed by atoms with E-state index in [2.05, 4.69) is 45.5 Å². The fourth-order valence-corrected chi connectivity index (χ4v) is 2.21. The molecule has 0 aliphatic rings. The summed E-state index contributed by atoms with van der Waals surface area (Å²) < 4.78 is 0.926. The molecule has 0 atom stereocenters. The van der Waals surface area contributed by atoms with Crippen molar-refractivity contribution in [1.29, 1.82) is 0 Å². The van der Waals surface area contributed by atoms with Gasteiger partial charge in [-0.3, -0.25) is 0 Å². The first-order valence-corrected chi connectivity index (χ1v) is 6.66. The van der Waals surface area contributed by atoms with Crippen molar-refractivity contribution in [3.05, 3.63) is 63.6 Å². The Morgan fingerprint density at radius 3 is 2.53 bits per heavy atom. The number of hydrogen-bond acceptors (Lipinski definition) is 1. The summed E-state index contributed by atoms with van der Waals surface area (Å²) in [4.78, 5) is 0. The summed E-state index contributed by atoms with van der Waals surface area (Å²) in [5.74, 6) is 0. The molecular formula is C14H13BrClN. The monoisotopic (exact) mass is 309 g/mol. The van der Waals surface area contributed by atoms with Gasteiger partial charge in [0, 0.05) is 12.2 Å². The molecule has 0 amide bonds. The Bertz CT molecular complexity index is 485. The van der Waals surface area contributed by atoms with E-state index in [4.69, 9.17) is 11.6 Å². The van der Waals surface area contributed by atoms with Crippen LogP contribution in [0.4, 0.5) is 5.69 Å². The Morgan fingerprint density at radius 2 is 1.76 bits per heavy atom. The molecule has 0 radical (unpaired) electrons. The van der Waals surface area contributed by atoms with Gasteiger partial charge in [-0.25, -0.2) is 0 Å². The van der Waals surface area contributed by atoms with Gasteiger partial charge in [-0.2, -0.15) is 0 Å². The molecule has 2 aromatic carbocycles. The van der Waals surface area contributed by atoms with E-state index in [1.165, 1.54) is 5.56 Å². The number of benzene rings is 2. The maximum Gasteiger partial charge on any atom is 0.0593 e. The van der Waals surface area contributed by atoms with E-state index in [0.717, 1.165) is 28.1 Å². The summed E-state index contributed by atoms with van der Waals surface area (Å²) in [7, 11) is 0. The molecule has 0 unspecified atom stereocenters. The maximum atomic E-state index is 6.02. The Hall–Kier alpha value is -0.990. The normalized spacial score (nSPS) is 10.2. The molecule has 0 aliphatic carbocycles. The number of rotatable bonds is 4. The first kappa shape index (κ1) is 12.5. The van der Waals surface area contributed by atoms with Gasteiger partial charge in [-0.15, -0.1) is 0 Å². The molecule has 1 nitrogen and oxygen atoms in total. The van der Waals surface area contributed by atoms with Crippen LogP contribution in [0.15, 0.2) is 53.0 Å². The van der Waals surface area contributed by atoms with Crippen molar-refractivity contribution < 1.29 is 0 Å². The second-order valence-corrected chi connectivity index (χ2v) is 4.96. The van der Waals surface area contributed by atoms with E-state index in [1.54, 1.807) is 0 Å². The van der Waals surface area contributed by atoms with Crippen LogP contribution in [0.1, 0.15) is 5.56 Å². The lowest BCUT2D eigenvalue weighted by Crippen LogP contribution is -2.05. The highest BCUT2D eigenvalue weighted by Crippen LogP contribution is 2.29. The summed E-state index contributed by atoms with van der Waals surface area (Å²) in [5, 5.41) is 4.10. The molecule has 2 aromatic rings. The third-order valence-electron chi connectivity index (χ3n) is 2.52. The first-order valence-electron chi connectivity index (χ1n) is 5.49. The van der Waals surface area contributed by atoms with Gasteiger partial charge in [0.15, 0.2) is 0 Å². The molecule has 1 N–H and O–H groups in total. The van der Waals surface area contributed by atoms with Gasteiger partial charge < -0.3 is 5.32 Å². The Labute approximate surface area is 115 Å². The largest absolute Gasteiger partial charge is 0.384 e. The quantitative estimate of drug-likeness (QED) is 0.858. The number of halogens is 2. The van der Waals surface area contributed by atoms with E-state index >= 15 is 0 Å². The highest BCUT2D eigenvalue weighted by molar-refractivity contribution is 9.10. The second kappa shape index (κ2) is 6.08. The zero-order chi connectivity index (χ0) is 12.1. The fraction of sp³-hybridized carbons (Fsp3) is 0.143. The fourth-order valence-electron chi connectivity index (χ4n) is 1.63. The molecule has 0 spiro atoms. The maximum absolute atomic E-state index is 6.02. The van der Waals surface area contributed by atoms with Crippen molar-refractivity contribution in [1.82, 2.24) is 0 Å². The van der Waals surface area contributed by atoms with E-state index < -0.39 is 0 Å². The molecule has 0 saturated carbocycles. The standard InChI is InChI=1S/C14H13BrClN/c15-14-12(16)7-4-8-13(14)17-10-9-11-5-2-1-3-6-11/h1-8,17H,9-10H2. The van der Waals surface area contributed by atoms with Gasteiger partial charge in [0.1, 0.15) is 0 Å². The molecule has 88 valence electrons. The van der Waals surface area contributed by atoms with Gasteiger partial charge in [-0.1, -0.05) is 48.0 Å². The zero-order valence-corrected chi connectivity index (χ0v) is 11.6. The number of hydrogen-bond donors (Lipinski definition) is 1. The van der Waals surface area contributed by atoms with Crippen LogP contribution in [0.3, 0.4) is 0 Å². The molecule has 0 aliphatic heterocycles. The topological polar surface area (TPSA) is 12.0 Å². The molecule has 2 rings (SSSR count). The highest BCUT2D eigenvalue weighted by atomic mass is 79.9. The lowest BCUT2D eigenvalue weighted by Gasteiger charge is -2.09. The predicted octanol–water partition coefficient (Wildman–Crippen LogP) is 4.76. The van der Waals surface area contributed by atoms with E-state index in [0.29, 0.717) is 0 Å². The van der Waals surface area contributed by atoms with Crippen LogP contribution < -0.4 is 5.32 Å². The van der Waals surface area contributed by atoms with Crippen LogP contribution in [0.25, 0.3) is 0 Å². The third kappa shape index (κ3) is 3.48. The Kier molecular flexibility index (Phi) is 4.46. The molecule has 0 heterocycles. The zero-order valence-electron chi connectivity index (χ0n) is 9.29. The van der Waals surface area contributed by atoms with Gasteiger partial charge in [-0.05, 0) is 40.0 Å². The molecule has 17 heavy (non-hydrogen) atoms. The SMILES string of the molecule is Clc1cccc(NCCc2ccccc2)c1Br. The van der Waals surface area contributed by atoms with Crippen LogP contribution in [0.2, 0.25) is 5.02 Å². The van der Waals surface area contributed by atoms with Crippen LogP contribution in [-0.2, 0) is 6.42 Å². The van der Waals surface area contributed by atoms with Crippen LogP contribution >= 0.6 is 27.5 Å². The average Bonchev–Trinajstić information content (AvgIpc) is 2.36. The van der Waals surface area contributed by atoms with Crippen molar-refractivity contribution in [3.63, 3.8) is 0 Å². The van der Waals surface area contributed by atoms with Gasteiger partial charge in [0.25, 0.3) is 0 Å². The van der Waals surface area contributed by atoms with Crippen molar-refractivity contribution in [2.24, 2.45) is 0 Å². The molecule has 0 saturated heterocycles. The lowest BCUT2D eigenvalue weighted by molar-refractivity contribution is 1.02. The second-order valence-electron chi connectivity index (χ2n) is 3.76. The van der Waals surface area contributed by atoms with Gasteiger partial charge in [0.05, 0.1) is 9.50 Å². The smallest absolute Gasteiger partial charge is 0.0593 e. The Balaban J connectivity index is 1.93. The van der Waals surface area contributed by atoms with Crippen LogP contribution in [-0.4, -0.2) is 6.54 Å². The van der Waals surface area contributed by atoms with Gasteiger partial charge in [0.2, 0.25) is 0 Å². The lowest BCUT2D eigenvalue weighted by atomic mass is 10.1. The molecular weight excluding hydrogens is 298 g/mol. The van der Waals surface area contributed by atoms with Crippen molar-refractivity contribution >= 4 is 33.2 Å². The van der Waals surface area contributed by atoms with E-state index in [-0.39, 0.29) is 0 Å². The predicted molar refractivity (Wildman–Crippen MR) is 77.8 cm³/mol.